The predicted molar refractivity (Wildman–Crippen MR) is 142 cm³/mol. The Balaban J connectivity index is 1.82. The van der Waals surface area contributed by atoms with Gasteiger partial charge in [0.05, 0.1) is 16.9 Å². The molecular weight excluding hydrogens is 436 g/mol. The third-order valence-corrected chi connectivity index (χ3v) is 6.49. The number of ether oxygens (including phenoxy) is 1. The largest absolute Gasteiger partial charge is 0.427 e. The van der Waals surface area contributed by atoms with Crippen molar-refractivity contribution in [3.63, 3.8) is 0 Å². The number of nitrogens with zero attached hydrogens (tertiary/aromatic N) is 4. The third kappa shape index (κ3) is 4.26. The average Bonchev–Trinajstić information content (AvgIpc) is 3.11. The number of hydrogen-bond acceptors (Lipinski definition) is 5. The summed E-state index contributed by atoms with van der Waals surface area (Å²) in [5, 5.41) is 4.44. The predicted octanol–water partition coefficient (Wildman–Crippen LogP) is 5.90. The fourth-order valence-electron chi connectivity index (χ4n) is 5.01. The quantitative estimate of drug-likeness (QED) is 0.230. The first kappa shape index (κ1) is 23.0. The Hall–Kier alpha value is -3.77. The van der Waals surface area contributed by atoms with Crippen molar-refractivity contribution >= 4 is 38.5 Å². The highest BCUT2D eigenvalue weighted by Gasteiger charge is 2.18. The minimum atomic E-state index is -0.322. The molecule has 178 valence electrons. The van der Waals surface area contributed by atoms with Gasteiger partial charge >= 0.3 is 5.97 Å². The van der Waals surface area contributed by atoms with Crippen molar-refractivity contribution in [2.24, 2.45) is 0 Å². The molecular formula is C29H30N4O2. The molecule has 3 heterocycles. The Kier molecular flexibility index (Phi) is 5.99. The van der Waals surface area contributed by atoms with Gasteiger partial charge in [-0.1, -0.05) is 6.07 Å². The van der Waals surface area contributed by atoms with E-state index < -0.39 is 0 Å². The molecule has 5 rings (SSSR count). The van der Waals surface area contributed by atoms with E-state index in [1.165, 1.54) is 23.4 Å². The fourth-order valence-corrected chi connectivity index (χ4v) is 5.01. The van der Waals surface area contributed by atoms with Crippen LogP contribution in [0.25, 0.3) is 44.0 Å². The molecule has 6 heteroatoms. The van der Waals surface area contributed by atoms with E-state index in [2.05, 4.69) is 48.7 Å². The van der Waals surface area contributed by atoms with Gasteiger partial charge in [-0.2, -0.15) is 0 Å². The summed E-state index contributed by atoms with van der Waals surface area (Å²) in [5.41, 5.74) is 6.26. The maximum atomic E-state index is 11.6. The van der Waals surface area contributed by atoms with Crippen LogP contribution < -0.4 is 4.74 Å². The van der Waals surface area contributed by atoms with Crippen LogP contribution in [-0.4, -0.2) is 46.0 Å². The minimum Gasteiger partial charge on any atom is -0.427 e. The Morgan fingerprint density at radius 2 is 1.83 bits per heavy atom. The van der Waals surface area contributed by atoms with Gasteiger partial charge in [-0.25, -0.2) is 0 Å². The molecule has 0 radical (unpaired) electrons. The van der Waals surface area contributed by atoms with Crippen molar-refractivity contribution in [3.05, 3.63) is 66.0 Å². The number of hydrogen-bond donors (Lipinski definition) is 0. The summed E-state index contributed by atoms with van der Waals surface area (Å²) in [6.45, 7) is 7.52. The highest BCUT2D eigenvalue weighted by molar-refractivity contribution is 6.16. The number of aryl methyl sites for hydroxylation is 3. The Labute approximate surface area is 205 Å². The molecule has 6 nitrogen and oxygen atoms in total. The van der Waals surface area contributed by atoms with Crippen LogP contribution in [0.4, 0.5) is 0 Å². The van der Waals surface area contributed by atoms with Crippen LogP contribution in [-0.2, 0) is 11.3 Å². The van der Waals surface area contributed by atoms with E-state index in [1.807, 2.05) is 43.5 Å². The number of fused-ring (bicyclic) bond motifs is 4. The molecule has 0 saturated heterocycles. The molecule has 5 aromatic rings. The number of aromatic nitrogens is 3. The lowest BCUT2D eigenvalue weighted by Gasteiger charge is -2.14. The van der Waals surface area contributed by atoms with Crippen LogP contribution in [0.2, 0.25) is 0 Å². The second-order valence-corrected chi connectivity index (χ2v) is 9.40. The first-order valence-electron chi connectivity index (χ1n) is 11.9. The van der Waals surface area contributed by atoms with E-state index in [0.29, 0.717) is 5.75 Å². The van der Waals surface area contributed by atoms with Crippen LogP contribution in [0.5, 0.6) is 5.75 Å². The number of pyridine rings is 2. The number of carbonyl (C=O) groups is 1. The number of carbonyl (C=O) groups excluding carboxylic acids is 1. The first-order valence-corrected chi connectivity index (χ1v) is 11.9. The molecule has 0 atom stereocenters. The zero-order valence-electron chi connectivity index (χ0n) is 20.9. The van der Waals surface area contributed by atoms with Crippen molar-refractivity contribution in [2.45, 2.75) is 33.7 Å². The maximum Gasteiger partial charge on any atom is 0.308 e. The summed E-state index contributed by atoms with van der Waals surface area (Å²) >= 11 is 0. The van der Waals surface area contributed by atoms with Gasteiger partial charge < -0.3 is 14.2 Å². The van der Waals surface area contributed by atoms with Crippen LogP contribution >= 0.6 is 0 Å². The first-order chi connectivity index (χ1) is 16.8. The smallest absolute Gasteiger partial charge is 0.308 e. The molecule has 0 aliphatic heterocycles. The zero-order valence-corrected chi connectivity index (χ0v) is 20.9. The Morgan fingerprint density at radius 3 is 2.57 bits per heavy atom. The molecule has 0 aliphatic carbocycles. The maximum absolute atomic E-state index is 11.6. The van der Waals surface area contributed by atoms with E-state index >= 15 is 0 Å². The van der Waals surface area contributed by atoms with E-state index in [1.54, 1.807) is 0 Å². The summed E-state index contributed by atoms with van der Waals surface area (Å²) < 4.78 is 7.85. The standard InChI is InChI=1S/C29H30N4O2/c1-18-8-6-9-26(31-18)28-24-17-25-23-16-21(35-20(3)34)10-11-27(23)33(15-7-14-32(4)5)29(25)19(2)22(24)12-13-30-28/h6,8-13,16-17H,7,14-15H2,1-5H3. The highest BCUT2D eigenvalue weighted by atomic mass is 16.5. The lowest BCUT2D eigenvalue weighted by atomic mass is 9.99. The van der Waals surface area contributed by atoms with Crippen molar-refractivity contribution in [2.75, 3.05) is 20.6 Å². The second kappa shape index (κ2) is 9.12. The number of benzene rings is 2. The van der Waals surface area contributed by atoms with E-state index in [9.17, 15) is 4.79 Å². The van der Waals surface area contributed by atoms with Crippen LogP contribution in [0.3, 0.4) is 0 Å². The molecule has 0 N–H and O–H groups in total. The van der Waals surface area contributed by atoms with Gasteiger partial charge in [0, 0.05) is 47.0 Å². The van der Waals surface area contributed by atoms with Gasteiger partial charge in [0.2, 0.25) is 0 Å². The lowest BCUT2D eigenvalue weighted by Crippen LogP contribution is -2.15. The van der Waals surface area contributed by atoms with Gasteiger partial charge in [0.1, 0.15) is 5.75 Å². The van der Waals surface area contributed by atoms with Crippen molar-refractivity contribution in [1.82, 2.24) is 19.4 Å². The van der Waals surface area contributed by atoms with Crippen LogP contribution in [0.1, 0.15) is 24.6 Å². The van der Waals surface area contributed by atoms with Crippen molar-refractivity contribution < 1.29 is 9.53 Å². The minimum absolute atomic E-state index is 0.322. The molecule has 0 unspecified atom stereocenters. The third-order valence-electron chi connectivity index (χ3n) is 6.49. The zero-order chi connectivity index (χ0) is 24.7. The number of esters is 1. The van der Waals surface area contributed by atoms with Gasteiger partial charge in [-0.3, -0.25) is 14.8 Å². The van der Waals surface area contributed by atoms with Gasteiger partial charge in [-0.15, -0.1) is 0 Å². The summed E-state index contributed by atoms with van der Waals surface area (Å²) in [4.78, 5) is 23.3. The van der Waals surface area contributed by atoms with Crippen LogP contribution in [0, 0.1) is 13.8 Å². The summed E-state index contributed by atoms with van der Waals surface area (Å²) in [6.07, 6.45) is 2.90. The van der Waals surface area contributed by atoms with Crippen molar-refractivity contribution in [1.29, 1.82) is 0 Å². The normalized spacial score (nSPS) is 11.7. The van der Waals surface area contributed by atoms with E-state index in [0.717, 1.165) is 58.3 Å². The molecule has 2 aromatic carbocycles. The SMILES string of the molecule is CC(=O)Oc1ccc2c(c1)c1cc3c(-c4cccc(C)n4)nccc3c(C)c1n2CCCN(C)C. The van der Waals surface area contributed by atoms with Crippen molar-refractivity contribution in [3.8, 4) is 17.1 Å². The average molecular weight is 467 g/mol. The van der Waals surface area contributed by atoms with Gasteiger partial charge in [0.15, 0.2) is 0 Å². The molecule has 0 saturated carbocycles. The molecule has 0 bridgehead atoms. The second-order valence-electron chi connectivity index (χ2n) is 9.40. The summed E-state index contributed by atoms with van der Waals surface area (Å²) in [7, 11) is 4.20. The highest BCUT2D eigenvalue weighted by Crippen LogP contribution is 2.39. The van der Waals surface area contributed by atoms with Gasteiger partial charge in [-0.05, 0) is 94.3 Å². The molecule has 0 spiro atoms. The number of rotatable bonds is 6. The fraction of sp³-hybridized carbons (Fsp3) is 0.276. The lowest BCUT2D eigenvalue weighted by molar-refractivity contribution is -0.131. The Morgan fingerprint density at radius 1 is 1.00 bits per heavy atom. The monoisotopic (exact) mass is 466 g/mol. The molecule has 0 amide bonds. The molecule has 0 fully saturated rings. The van der Waals surface area contributed by atoms with E-state index in [-0.39, 0.29) is 5.97 Å². The van der Waals surface area contributed by atoms with Gasteiger partial charge in [0.25, 0.3) is 0 Å². The summed E-state index contributed by atoms with van der Waals surface area (Å²) in [5.74, 6) is 0.236. The van der Waals surface area contributed by atoms with Crippen LogP contribution in [0.15, 0.2) is 54.7 Å². The molecule has 3 aromatic heterocycles. The molecule has 0 aliphatic rings. The molecule has 35 heavy (non-hydrogen) atoms. The Bertz CT molecular complexity index is 1580. The van der Waals surface area contributed by atoms with E-state index in [4.69, 9.17) is 14.7 Å². The topological polar surface area (TPSA) is 60.2 Å². The summed E-state index contributed by atoms with van der Waals surface area (Å²) in [6, 6.07) is 16.3.